The van der Waals surface area contributed by atoms with Crippen molar-refractivity contribution in [3.8, 4) is 0 Å². The molecule has 1 rings (SSSR count). The van der Waals surface area contributed by atoms with Gasteiger partial charge in [0.1, 0.15) is 0 Å². The van der Waals surface area contributed by atoms with Gasteiger partial charge in [-0.05, 0) is 12.8 Å². The van der Waals surface area contributed by atoms with Gasteiger partial charge in [-0.2, -0.15) is 0 Å². The van der Waals surface area contributed by atoms with Crippen LogP contribution in [0.2, 0.25) is 0 Å². The highest BCUT2D eigenvalue weighted by Crippen LogP contribution is 2.08. The van der Waals surface area contributed by atoms with E-state index >= 15 is 0 Å². The molecule has 1 aliphatic rings. The van der Waals surface area contributed by atoms with Crippen LogP contribution in [0.4, 0.5) is 0 Å². The number of halogens is 1. The van der Waals surface area contributed by atoms with Gasteiger partial charge < -0.3 is 5.32 Å². The molecule has 54 valence electrons. The molecule has 9 heavy (non-hydrogen) atoms. The topological polar surface area (TPSA) is 29.1 Å². The number of carbonyl (C=O) groups excluding carboxylic acids is 1. The Morgan fingerprint density at radius 3 is 2.67 bits per heavy atom. The minimum absolute atomic E-state index is 0. The molecule has 0 aromatic heterocycles. The summed E-state index contributed by atoms with van der Waals surface area (Å²) in [5, 5.41) is 2.79. The van der Waals surface area contributed by atoms with E-state index in [4.69, 9.17) is 0 Å². The average molecular weight is 150 g/mol. The van der Waals surface area contributed by atoms with E-state index < -0.39 is 0 Å². The smallest absolute Gasteiger partial charge is 0.222 e. The van der Waals surface area contributed by atoms with Crippen LogP contribution in [-0.4, -0.2) is 12.5 Å². The Kier molecular flexibility index (Phi) is 3.62. The number of hydrogen-bond acceptors (Lipinski definition) is 1. The molecule has 3 heteroatoms. The monoisotopic (exact) mass is 149 g/mol. The summed E-state index contributed by atoms with van der Waals surface area (Å²) in [6.45, 7) is 2.84. The van der Waals surface area contributed by atoms with Crippen LogP contribution >= 0.6 is 12.4 Å². The molecule has 0 aliphatic carbocycles. The van der Waals surface area contributed by atoms with Gasteiger partial charge in [-0.25, -0.2) is 0 Å². The highest BCUT2D eigenvalue weighted by molar-refractivity contribution is 5.85. The summed E-state index contributed by atoms with van der Waals surface area (Å²) in [7, 11) is 0. The van der Waals surface area contributed by atoms with E-state index in [-0.39, 0.29) is 24.2 Å². The van der Waals surface area contributed by atoms with Crippen molar-refractivity contribution in [2.75, 3.05) is 6.54 Å². The maximum atomic E-state index is 10.7. The van der Waals surface area contributed by atoms with Gasteiger partial charge in [-0.15, -0.1) is 12.4 Å². The van der Waals surface area contributed by atoms with Crippen molar-refractivity contribution < 1.29 is 4.79 Å². The summed E-state index contributed by atoms with van der Waals surface area (Å²) >= 11 is 0. The van der Waals surface area contributed by atoms with Crippen LogP contribution in [0, 0.1) is 5.92 Å². The van der Waals surface area contributed by atoms with Crippen molar-refractivity contribution in [1.82, 2.24) is 5.32 Å². The lowest BCUT2D eigenvalue weighted by atomic mass is 10.0. The Morgan fingerprint density at radius 1 is 1.67 bits per heavy atom. The van der Waals surface area contributed by atoms with Crippen LogP contribution < -0.4 is 5.32 Å². The van der Waals surface area contributed by atoms with E-state index in [9.17, 15) is 4.79 Å². The minimum Gasteiger partial charge on any atom is -0.356 e. The zero-order valence-corrected chi connectivity index (χ0v) is 6.33. The molecule has 1 atom stereocenters. The highest BCUT2D eigenvalue weighted by Gasteiger charge is 2.15. The summed E-state index contributed by atoms with van der Waals surface area (Å²) in [5.41, 5.74) is 0. The van der Waals surface area contributed by atoms with Crippen LogP contribution in [0.3, 0.4) is 0 Å². The van der Waals surface area contributed by atoms with Crippen molar-refractivity contribution in [3.63, 3.8) is 0 Å². The molecule has 0 bridgehead atoms. The molecule has 1 fully saturated rings. The molecule has 2 nitrogen and oxygen atoms in total. The number of rotatable bonds is 0. The molecule has 0 aromatic carbocycles. The fourth-order valence-electron chi connectivity index (χ4n) is 0.925. The van der Waals surface area contributed by atoms with Gasteiger partial charge in [0.15, 0.2) is 0 Å². The number of carbonyl (C=O) groups is 1. The van der Waals surface area contributed by atoms with Crippen LogP contribution in [0.15, 0.2) is 0 Å². The van der Waals surface area contributed by atoms with Gasteiger partial charge in [0.25, 0.3) is 0 Å². The minimum atomic E-state index is 0. The fourth-order valence-corrected chi connectivity index (χ4v) is 0.925. The summed E-state index contributed by atoms with van der Waals surface area (Å²) in [5.74, 6) is 0.472. The molecule has 1 saturated heterocycles. The maximum Gasteiger partial charge on any atom is 0.222 e. The lowest BCUT2D eigenvalue weighted by Crippen LogP contribution is -2.34. The Morgan fingerprint density at radius 2 is 2.33 bits per heavy atom. The largest absolute Gasteiger partial charge is 0.356 e. The van der Waals surface area contributed by atoms with Gasteiger partial charge in [0.2, 0.25) is 5.91 Å². The molecule has 0 spiro atoms. The highest BCUT2D eigenvalue weighted by atomic mass is 35.5. The molecule has 1 heterocycles. The average Bonchev–Trinajstić information content (AvgIpc) is 1.77. The normalized spacial score (nSPS) is 26.3. The van der Waals surface area contributed by atoms with Crippen molar-refractivity contribution in [2.24, 2.45) is 5.92 Å². The first-order chi connectivity index (χ1) is 3.80. The Balaban J connectivity index is 0.000000640. The number of nitrogens with one attached hydrogen (secondary N) is 1. The first-order valence-corrected chi connectivity index (χ1v) is 3.08. The summed E-state index contributed by atoms with van der Waals surface area (Å²) in [6.07, 6.45) is 2.21. The van der Waals surface area contributed by atoms with Crippen molar-refractivity contribution in [1.29, 1.82) is 0 Å². The third kappa shape index (κ3) is 2.22. The molecule has 0 saturated carbocycles. The molecule has 1 N–H and O–H groups in total. The number of piperidine rings is 1. The molecule has 1 aliphatic heterocycles. The Bertz CT molecular complexity index is 105. The standard InChI is InChI=1S/C6H11NO.ClH/c1-5-3-2-4-7-6(5)8;/h5H,2-4H2,1H3,(H,7,8);1H. The van der Waals surface area contributed by atoms with Crippen LogP contribution in [0.25, 0.3) is 0 Å². The third-order valence-corrected chi connectivity index (χ3v) is 1.56. The number of hydrogen-bond donors (Lipinski definition) is 1. The Hall–Kier alpha value is -0.240. The van der Waals surface area contributed by atoms with Crippen molar-refractivity contribution >= 4 is 18.3 Å². The SMILES string of the molecule is CC1CCCNC1=O.Cl. The Labute approximate surface area is 61.4 Å². The van der Waals surface area contributed by atoms with Crippen molar-refractivity contribution in [3.05, 3.63) is 0 Å². The van der Waals surface area contributed by atoms with Gasteiger partial charge in [-0.1, -0.05) is 6.92 Å². The predicted octanol–water partition coefficient (Wildman–Crippen LogP) is 0.954. The van der Waals surface area contributed by atoms with Crippen molar-refractivity contribution in [2.45, 2.75) is 19.8 Å². The first-order valence-electron chi connectivity index (χ1n) is 3.08. The van der Waals surface area contributed by atoms with Gasteiger partial charge in [0.05, 0.1) is 0 Å². The summed E-state index contributed by atoms with van der Waals surface area (Å²) in [4.78, 5) is 10.7. The van der Waals surface area contributed by atoms with E-state index in [1.807, 2.05) is 6.92 Å². The van der Waals surface area contributed by atoms with Crippen LogP contribution in [0.1, 0.15) is 19.8 Å². The van der Waals surface area contributed by atoms with Gasteiger partial charge in [0, 0.05) is 12.5 Å². The van der Waals surface area contributed by atoms with E-state index in [2.05, 4.69) is 5.32 Å². The van der Waals surface area contributed by atoms with Gasteiger partial charge in [-0.3, -0.25) is 4.79 Å². The van der Waals surface area contributed by atoms with Crippen LogP contribution in [0.5, 0.6) is 0 Å². The zero-order chi connectivity index (χ0) is 5.98. The molecular formula is C6H12ClNO. The third-order valence-electron chi connectivity index (χ3n) is 1.56. The maximum absolute atomic E-state index is 10.7. The molecular weight excluding hydrogens is 138 g/mol. The fraction of sp³-hybridized carbons (Fsp3) is 0.833. The van der Waals surface area contributed by atoms with Crippen LogP contribution in [-0.2, 0) is 4.79 Å². The molecule has 0 aromatic rings. The summed E-state index contributed by atoms with van der Waals surface area (Å²) in [6, 6.07) is 0. The summed E-state index contributed by atoms with van der Waals surface area (Å²) < 4.78 is 0. The quantitative estimate of drug-likeness (QED) is 0.546. The zero-order valence-electron chi connectivity index (χ0n) is 5.52. The van der Waals surface area contributed by atoms with E-state index in [0.29, 0.717) is 0 Å². The van der Waals surface area contributed by atoms with E-state index in [0.717, 1.165) is 19.4 Å². The second-order valence-corrected chi connectivity index (χ2v) is 2.33. The molecule has 0 radical (unpaired) electrons. The first kappa shape index (κ1) is 8.76. The second kappa shape index (κ2) is 3.72. The lowest BCUT2D eigenvalue weighted by molar-refractivity contribution is -0.125. The second-order valence-electron chi connectivity index (χ2n) is 2.33. The number of amides is 1. The van der Waals surface area contributed by atoms with Gasteiger partial charge >= 0.3 is 0 Å². The lowest BCUT2D eigenvalue weighted by Gasteiger charge is -2.16. The molecule has 1 unspecified atom stereocenters. The molecule has 1 amide bonds. The predicted molar refractivity (Wildman–Crippen MR) is 38.7 cm³/mol. The van der Waals surface area contributed by atoms with E-state index in [1.165, 1.54) is 0 Å². The van der Waals surface area contributed by atoms with E-state index in [1.54, 1.807) is 0 Å².